The number of aromatic nitrogens is 2. The third-order valence-electron chi connectivity index (χ3n) is 4.81. The normalized spacial score (nSPS) is 16.0. The zero-order valence-corrected chi connectivity index (χ0v) is 13.9. The highest BCUT2D eigenvalue weighted by Crippen LogP contribution is 2.35. The van der Waals surface area contributed by atoms with Crippen molar-refractivity contribution in [2.24, 2.45) is 0 Å². The molecular weight excluding hydrogens is 306 g/mol. The maximum atomic E-state index is 12.5. The smallest absolute Gasteiger partial charge is 0.325 e. The number of carbonyl (C=O) groups excluding carboxylic acids is 1. The van der Waals surface area contributed by atoms with Crippen LogP contribution in [-0.4, -0.2) is 27.8 Å². The molecular formula is C18H21N3O3. The molecule has 6 nitrogen and oxygen atoms in total. The number of rotatable bonds is 4. The molecule has 1 heterocycles. The van der Waals surface area contributed by atoms with Gasteiger partial charge in [0.1, 0.15) is 0 Å². The van der Waals surface area contributed by atoms with Crippen LogP contribution in [0.15, 0.2) is 33.9 Å². The summed E-state index contributed by atoms with van der Waals surface area (Å²) in [4.78, 5) is 42.2. The van der Waals surface area contributed by atoms with E-state index in [0.29, 0.717) is 17.7 Å². The van der Waals surface area contributed by atoms with Crippen LogP contribution in [0.4, 0.5) is 0 Å². The maximum Gasteiger partial charge on any atom is 0.325 e. The maximum absolute atomic E-state index is 12.5. The summed E-state index contributed by atoms with van der Waals surface area (Å²) in [6.07, 6.45) is 2.47. The van der Waals surface area contributed by atoms with Crippen molar-refractivity contribution in [3.63, 3.8) is 0 Å². The predicted octanol–water partition coefficient (Wildman–Crippen LogP) is 1.45. The molecule has 0 spiro atoms. The molecule has 0 unspecified atom stereocenters. The van der Waals surface area contributed by atoms with Gasteiger partial charge in [-0.3, -0.25) is 14.6 Å². The Labute approximate surface area is 139 Å². The third kappa shape index (κ3) is 3.04. The highest BCUT2D eigenvalue weighted by Gasteiger charge is 2.28. The minimum absolute atomic E-state index is 0.00158. The Morgan fingerprint density at radius 2 is 2.00 bits per heavy atom. The SMILES string of the molecule is Cc1[nH]c(=O)[nH]c(=O)c1CCC(=O)N(C)[C@@H]1CCc2ccccc21. The fraction of sp³-hybridized carbons (Fsp3) is 0.389. The van der Waals surface area contributed by atoms with Gasteiger partial charge in [-0.1, -0.05) is 24.3 Å². The molecule has 0 saturated heterocycles. The molecule has 6 heteroatoms. The van der Waals surface area contributed by atoms with Crippen molar-refractivity contribution in [2.45, 2.75) is 38.6 Å². The minimum Gasteiger partial charge on any atom is -0.339 e. The zero-order chi connectivity index (χ0) is 17.3. The van der Waals surface area contributed by atoms with Crippen LogP contribution < -0.4 is 11.2 Å². The van der Waals surface area contributed by atoms with E-state index in [2.05, 4.69) is 22.1 Å². The predicted molar refractivity (Wildman–Crippen MR) is 91.0 cm³/mol. The first-order chi connectivity index (χ1) is 11.5. The second-order valence-corrected chi connectivity index (χ2v) is 6.27. The van der Waals surface area contributed by atoms with Gasteiger partial charge in [-0.05, 0) is 37.3 Å². The molecule has 3 rings (SSSR count). The number of benzene rings is 1. The summed E-state index contributed by atoms with van der Waals surface area (Å²) in [6.45, 7) is 1.67. The number of hydrogen-bond acceptors (Lipinski definition) is 3. The van der Waals surface area contributed by atoms with Crippen LogP contribution in [0.25, 0.3) is 0 Å². The molecule has 0 fully saturated rings. The van der Waals surface area contributed by atoms with Crippen molar-refractivity contribution in [2.75, 3.05) is 7.05 Å². The second-order valence-electron chi connectivity index (χ2n) is 6.27. The monoisotopic (exact) mass is 327 g/mol. The Balaban J connectivity index is 1.70. The number of fused-ring (bicyclic) bond motifs is 1. The fourth-order valence-corrected chi connectivity index (χ4v) is 3.45. The van der Waals surface area contributed by atoms with E-state index in [1.54, 1.807) is 11.8 Å². The Bertz CT molecular complexity index is 882. The van der Waals surface area contributed by atoms with E-state index >= 15 is 0 Å². The van der Waals surface area contributed by atoms with Crippen molar-refractivity contribution in [3.05, 3.63) is 67.5 Å². The van der Waals surface area contributed by atoms with Gasteiger partial charge in [0.2, 0.25) is 5.91 Å². The lowest BCUT2D eigenvalue weighted by Gasteiger charge is -2.25. The number of hydrogen-bond donors (Lipinski definition) is 2. The largest absolute Gasteiger partial charge is 0.339 e. The third-order valence-corrected chi connectivity index (χ3v) is 4.81. The van der Waals surface area contributed by atoms with Gasteiger partial charge in [0.05, 0.1) is 6.04 Å². The summed E-state index contributed by atoms with van der Waals surface area (Å²) >= 11 is 0. The molecule has 0 radical (unpaired) electrons. The van der Waals surface area contributed by atoms with E-state index in [1.165, 1.54) is 11.1 Å². The topological polar surface area (TPSA) is 86.0 Å². The molecule has 1 atom stereocenters. The fourth-order valence-electron chi connectivity index (χ4n) is 3.45. The van der Waals surface area contributed by atoms with Gasteiger partial charge in [0, 0.05) is 24.7 Å². The van der Waals surface area contributed by atoms with E-state index in [1.807, 2.05) is 19.2 Å². The van der Waals surface area contributed by atoms with Gasteiger partial charge < -0.3 is 9.88 Å². The van der Waals surface area contributed by atoms with Crippen molar-refractivity contribution in [1.29, 1.82) is 0 Å². The summed E-state index contributed by atoms with van der Waals surface area (Å²) in [7, 11) is 1.82. The molecule has 24 heavy (non-hydrogen) atoms. The van der Waals surface area contributed by atoms with Crippen LogP contribution >= 0.6 is 0 Å². The Hall–Kier alpha value is -2.63. The molecule has 126 valence electrons. The molecule has 2 N–H and O–H groups in total. The summed E-state index contributed by atoms with van der Waals surface area (Å²) in [5, 5.41) is 0. The number of H-pyrrole nitrogens is 2. The van der Waals surface area contributed by atoms with E-state index < -0.39 is 11.2 Å². The van der Waals surface area contributed by atoms with Crippen molar-refractivity contribution < 1.29 is 4.79 Å². The van der Waals surface area contributed by atoms with Crippen LogP contribution in [-0.2, 0) is 17.6 Å². The van der Waals surface area contributed by atoms with E-state index in [-0.39, 0.29) is 18.4 Å². The molecule has 1 amide bonds. The van der Waals surface area contributed by atoms with Gasteiger partial charge in [-0.25, -0.2) is 4.79 Å². The first kappa shape index (κ1) is 16.2. The number of nitrogens with zero attached hydrogens (tertiary/aromatic N) is 1. The van der Waals surface area contributed by atoms with E-state index in [9.17, 15) is 14.4 Å². The summed E-state index contributed by atoms with van der Waals surface area (Å²) in [5.74, 6) is 0.00158. The first-order valence-corrected chi connectivity index (χ1v) is 8.13. The van der Waals surface area contributed by atoms with Crippen molar-refractivity contribution in [1.82, 2.24) is 14.9 Å². The molecule has 1 aromatic heterocycles. The van der Waals surface area contributed by atoms with Crippen molar-refractivity contribution in [3.8, 4) is 0 Å². The van der Waals surface area contributed by atoms with Crippen LogP contribution in [0.2, 0.25) is 0 Å². The lowest BCUT2D eigenvalue weighted by Crippen LogP contribution is -2.32. The van der Waals surface area contributed by atoms with Gasteiger partial charge in [0.15, 0.2) is 0 Å². The second kappa shape index (κ2) is 6.47. The Morgan fingerprint density at radius 3 is 2.75 bits per heavy atom. The van der Waals surface area contributed by atoms with E-state index in [4.69, 9.17) is 0 Å². The van der Waals surface area contributed by atoms with Gasteiger partial charge in [-0.2, -0.15) is 0 Å². The Morgan fingerprint density at radius 1 is 1.25 bits per heavy atom. The lowest BCUT2D eigenvalue weighted by molar-refractivity contribution is -0.132. The van der Waals surface area contributed by atoms with Crippen LogP contribution in [0.1, 0.15) is 41.3 Å². The number of carbonyl (C=O) groups is 1. The zero-order valence-electron chi connectivity index (χ0n) is 13.9. The lowest BCUT2D eigenvalue weighted by atomic mass is 10.1. The molecule has 0 bridgehead atoms. The summed E-state index contributed by atoms with van der Waals surface area (Å²) in [6, 6.07) is 8.31. The number of nitrogens with one attached hydrogen (secondary N) is 2. The molecule has 0 aliphatic heterocycles. The summed E-state index contributed by atoms with van der Waals surface area (Å²) < 4.78 is 0. The average Bonchev–Trinajstić information content (AvgIpc) is 2.96. The highest BCUT2D eigenvalue weighted by atomic mass is 16.2. The standard InChI is InChI=1S/C18H21N3O3/c1-11-13(17(23)20-18(24)19-11)8-10-16(22)21(2)15-9-7-12-5-3-4-6-14(12)15/h3-6,15H,7-10H2,1-2H3,(H2,19,20,23,24)/t15-/m1/s1. The van der Waals surface area contributed by atoms with Crippen molar-refractivity contribution >= 4 is 5.91 Å². The minimum atomic E-state index is -0.521. The number of amides is 1. The molecule has 1 aromatic carbocycles. The van der Waals surface area contributed by atoms with Gasteiger partial charge >= 0.3 is 5.69 Å². The molecule has 1 aliphatic carbocycles. The average molecular weight is 327 g/mol. The molecule has 1 aliphatic rings. The molecule has 2 aromatic rings. The van der Waals surface area contributed by atoms with Crippen LogP contribution in [0.3, 0.4) is 0 Å². The van der Waals surface area contributed by atoms with Crippen LogP contribution in [0.5, 0.6) is 0 Å². The first-order valence-electron chi connectivity index (χ1n) is 8.13. The quantitative estimate of drug-likeness (QED) is 0.891. The van der Waals surface area contributed by atoms with Gasteiger partial charge in [-0.15, -0.1) is 0 Å². The van der Waals surface area contributed by atoms with Crippen LogP contribution in [0, 0.1) is 6.92 Å². The van der Waals surface area contributed by atoms with E-state index in [0.717, 1.165) is 12.8 Å². The highest BCUT2D eigenvalue weighted by molar-refractivity contribution is 5.77. The Kier molecular flexibility index (Phi) is 4.38. The number of aryl methyl sites for hydroxylation is 2. The molecule has 0 saturated carbocycles. The number of aromatic amines is 2. The van der Waals surface area contributed by atoms with Gasteiger partial charge in [0.25, 0.3) is 5.56 Å². The summed E-state index contributed by atoms with van der Waals surface area (Å²) in [5.41, 5.74) is 2.56.